The van der Waals surface area contributed by atoms with Crippen molar-refractivity contribution in [3.8, 4) is 11.1 Å². The summed E-state index contributed by atoms with van der Waals surface area (Å²) in [6, 6.07) is 17.5. The monoisotopic (exact) mass is 355 g/mol. The number of rotatable bonds is 0. The van der Waals surface area contributed by atoms with Gasteiger partial charge in [-0.2, -0.15) is 0 Å². The van der Waals surface area contributed by atoms with Gasteiger partial charge in [-0.05, 0) is 0 Å². The predicted octanol–water partition coefficient (Wildman–Crippen LogP) is -1.66. The molecule has 0 unspecified atom stereocenters. The molecule has 0 spiro atoms. The molecule has 18 heavy (non-hydrogen) atoms. The van der Waals surface area contributed by atoms with E-state index in [0.29, 0.717) is 3.63 Å². The molecule has 3 rings (SSSR count). The van der Waals surface area contributed by atoms with Crippen molar-refractivity contribution in [2.45, 2.75) is 17.5 Å². The van der Waals surface area contributed by atoms with Gasteiger partial charge in [-0.15, -0.1) is 0 Å². The van der Waals surface area contributed by atoms with E-state index in [1.165, 1.54) is 22.3 Å². The second-order valence-corrected chi connectivity index (χ2v) is 5.03. The fraction of sp³-hybridized carbons (Fsp3) is 0.200. The molecule has 0 radical (unpaired) electrons. The van der Waals surface area contributed by atoms with Crippen LogP contribution in [0.5, 0.6) is 0 Å². The molecule has 0 bridgehead atoms. The first-order valence-corrected chi connectivity index (χ1v) is 7.19. The van der Waals surface area contributed by atoms with Crippen LogP contribution in [0.3, 0.4) is 0 Å². The van der Waals surface area contributed by atoms with Crippen molar-refractivity contribution in [1.29, 1.82) is 0 Å². The van der Waals surface area contributed by atoms with Crippen LogP contribution in [0.15, 0.2) is 48.5 Å². The third-order valence-electron chi connectivity index (χ3n) is 2.83. The number of hydrogen-bond donors (Lipinski definition) is 0. The van der Waals surface area contributed by atoms with Gasteiger partial charge in [0.05, 0.1) is 0 Å². The van der Waals surface area contributed by atoms with Gasteiger partial charge in [-0.25, -0.2) is 0 Å². The molecule has 93 valence electrons. The van der Waals surface area contributed by atoms with Crippen LogP contribution in [-0.4, -0.2) is 0 Å². The molecule has 0 saturated heterocycles. The Kier molecular flexibility index (Phi) is 8.11. The first-order valence-electron chi connectivity index (χ1n) is 5.77. The predicted molar refractivity (Wildman–Crippen MR) is 65.1 cm³/mol. The summed E-state index contributed by atoms with van der Waals surface area (Å²) in [6.07, 6.45) is 0. The SMILES string of the molecule is CC.[Cl-].[Cl-].[Zr+2][CH]1c2ccccc2-c2ccccc21. The van der Waals surface area contributed by atoms with Gasteiger partial charge in [0.25, 0.3) is 0 Å². The zero-order valence-corrected chi connectivity index (χ0v) is 14.4. The van der Waals surface area contributed by atoms with Gasteiger partial charge in [-0.3, -0.25) is 0 Å². The second kappa shape index (κ2) is 8.15. The van der Waals surface area contributed by atoms with Crippen LogP contribution in [0.2, 0.25) is 0 Å². The molecule has 2 aromatic carbocycles. The Morgan fingerprint density at radius 2 is 1.06 bits per heavy atom. The Labute approximate surface area is 137 Å². The third-order valence-corrected chi connectivity index (χ3v) is 4.36. The third kappa shape index (κ3) is 3.07. The molecule has 0 fully saturated rings. The fourth-order valence-electron chi connectivity index (χ4n) is 2.16. The first-order chi connectivity index (χ1) is 7.88. The number of fused-ring (bicyclic) bond motifs is 3. The van der Waals surface area contributed by atoms with Crippen LogP contribution < -0.4 is 24.8 Å². The maximum absolute atomic E-state index is 2.26. The van der Waals surface area contributed by atoms with E-state index in [4.69, 9.17) is 0 Å². The number of hydrogen-bond acceptors (Lipinski definition) is 0. The van der Waals surface area contributed by atoms with Crippen LogP contribution in [0.25, 0.3) is 11.1 Å². The molecule has 0 heterocycles. The van der Waals surface area contributed by atoms with Gasteiger partial charge in [0.1, 0.15) is 0 Å². The van der Waals surface area contributed by atoms with Crippen molar-refractivity contribution in [3.05, 3.63) is 59.7 Å². The van der Waals surface area contributed by atoms with E-state index in [-0.39, 0.29) is 24.8 Å². The van der Waals surface area contributed by atoms with E-state index in [0.717, 1.165) is 0 Å². The van der Waals surface area contributed by atoms with E-state index in [1.807, 2.05) is 13.8 Å². The van der Waals surface area contributed by atoms with E-state index < -0.39 is 0 Å². The molecule has 0 aliphatic heterocycles. The minimum atomic E-state index is 0. The Morgan fingerprint density at radius 1 is 0.722 bits per heavy atom. The van der Waals surface area contributed by atoms with Gasteiger partial charge >= 0.3 is 99.1 Å². The molecule has 0 aromatic heterocycles. The van der Waals surface area contributed by atoms with E-state index in [1.54, 1.807) is 24.7 Å². The summed E-state index contributed by atoms with van der Waals surface area (Å²) in [4.78, 5) is 0. The summed E-state index contributed by atoms with van der Waals surface area (Å²) in [5, 5.41) is 0. The van der Waals surface area contributed by atoms with Crippen molar-refractivity contribution in [2.75, 3.05) is 0 Å². The fourth-order valence-corrected chi connectivity index (χ4v) is 3.39. The van der Waals surface area contributed by atoms with Crippen LogP contribution in [-0.2, 0) is 24.7 Å². The second-order valence-electron chi connectivity index (χ2n) is 3.61. The standard InChI is InChI=1S/C13H9.C2H6.2ClH.Zr/c1-3-7-12-10(5-1)9-11-6-2-4-8-13(11)12;1-2;;;/h1-9H;1-2H3;2*1H;/q;;;;+2/p-2. The van der Waals surface area contributed by atoms with Crippen molar-refractivity contribution in [2.24, 2.45) is 0 Å². The quantitative estimate of drug-likeness (QED) is 0.530. The van der Waals surface area contributed by atoms with Crippen LogP contribution in [0.1, 0.15) is 28.6 Å². The van der Waals surface area contributed by atoms with Crippen molar-refractivity contribution < 1.29 is 49.5 Å². The van der Waals surface area contributed by atoms with E-state index in [9.17, 15) is 0 Å². The van der Waals surface area contributed by atoms with Gasteiger partial charge < -0.3 is 24.8 Å². The van der Waals surface area contributed by atoms with Crippen molar-refractivity contribution in [3.63, 3.8) is 0 Å². The molecule has 0 amide bonds. The van der Waals surface area contributed by atoms with Crippen molar-refractivity contribution >= 4 is 0 Å². The Morgan fingerprint density at radius 3 is 1.44 bits per heavy atom. The molecule has 2 aromatic rings. The van der Waals surface area contributed by atoms with Gasteiger partial charge in [0.2, 0.25) is 0 Å². The molecule has 1 aliphatic rings. The van der Waals surface area contributed by atoms with Gasteiger partial charge in [-0.1, -0.05) is 13.8 Å². The summed E-state index contributed by atoms with van der Waals surface area (Å²) in [5.41, 5.74) is 5.88. The molecular weight excluding hydrogens is 342 g/mol. The van der Waals surface area contributed by atoms with Gasteiger partial charge in [0, 0.05) is 0 Å². The molecule has 0 saturated carbocycles. The van der Waals surface area contributed by atoms with Crippen LogP contribution in [0.4, 0.5) is 0 Å². The Hall–Kier alpha value is -0.0969. The number of halogens is 2. The summed E-state index contributed by atoms with van der Waals surface area (Å²) >= 11 is 1.58. The molecule has 1 aliphatic carbocycles. The molecule has 0 N–H and O–H groups in total. The van der Waals surface area contributed by atoms with E-state index >= 15 is 0 Å². The van der Waals surface area contributed by atoms with E-state index in [2.05, 4.69) is 48.5 Å². The van der Waals surface area contributed by atoms with Crippen LogP contribution >= 0.6 is 0 Å². The van der Waals surface area contributed by atoms with Crippen molar-refractivity contribution in [1.82, 2.24) is 0 Å². The molecular formula is C15H15Cl2Zr. The summed E-state index contributed by atoms with van der Waals surface area (Å²) in [5.74, 6) is 0. The van der Waals surface area contributed by atoms with Crippen LogP contribution in [0, 0.1) is 0 Å². The summed E-state index contributed by atoms with van der Waals surface area (Å²) in [7, 11) is 0. The first kappa shape index (κ1) is 17.9. The Bertz CT molecular complexity index is 452. The van der Waals surface area contributed by atoms with Gasteiger partial charge in [0.15, 0.2) is 0 Å². The maximum atomic E-state index is 2.26. The molecule has 3 heteroatoms. The zero-order chi connectivity index (χ0) is 11.5. The molecule has 0 nitrogen and oxygen atoms in total. The summed E-state index contributed by atoms with van der Waals surface area (Å²) in [6.45, 7) is 4.00. The summed E-state index contributed by atoms with van der Waals surface area (Å²) < 4.78 is 0.648. The zero-order valence-electron chi connectivity index (χ0n) is 10.5. The number of benzene rings is 2. The normalized spacial score (nSPS) is 11.1. The molecule has 0 atom stereocenters. The average Bonchev–Trinajstić information content (AvgIpc) is 2.67. The average molecular weight is 357 g/mol. The minimum absolute atomic E-state index is 0. The Balaban J connectivity index is 0.000000691. The topological polar surface area (TPSA) is 0 Å².